The number of pyridine rings is 1. The van der Waals surface area contributed by atoms with E-state index in [1.165, 1.54) is 0 Å². The summed E-state index contributed by atoms with van der Waals surface area (Å²) >= 11 is 0. The number of hydrogen-bond donors (Lipinski definition) is 1. The second-order valence-corrected chi connectivity index (χ2v) is 4.22. The number of carbonyl (C=O) groups is 1. The van der Waals surface area contributed by atoms with Crippen LogP contribution in [0.4, 0.5) is 4.79 Å². The minimum Gasteiger partial charge on any atom is -0.443 e. The molecule has 0 bridgehead atoms. The number of carbonyl (C=O) groups excluding carboxylic acids is 1. The van der Waals surface area contributed by atoms with Gasteiger partial charge in [0.2, 0.25) is 0 Å². The fourth-order valence-corrected chi connectivity index (χ4v) is 1.89. The zero-order chi connectivity index (χ0) is 12.1. The number of likely N-dealkylation sites (tertiary alicyclic amines) is 1. The third kappa shape index (κ3) is 3.42. The molecule has 17 heavy (non-hydrogen) atoms. The van der Waals surface area contributed by atoms with Crippen LogP contribution < -0.4 is 5.73 Å². The SMILES string of the molecule is NC1CCCN(C(=O)OCc2ccccn2)C1. The molecular formula is C12H17N3O2. The van der Waals surface area contributed by atoms with E-state index >= 15 is 0 Å². The lowest BCUT2D eigenvalue weighted by molar-refractivity contribution is 0.0852. The molecule has 1 aromatic heterocycles. The lowest BCUT2D eigenvalue weighted by Gasteiger charge is -2.29. The molecule has 1 aliphatic heterocycles. The fraction of sp³-hybridized carbons (Fsp3) is 0.500. The number of amides is 1. The van der Waals surface area contributed by atoms with Gasteiger partial charge in [0.25, 0.3) is 0 Å². The van der Waals surface area contributed by atoms with Gasteiger partial charge in [-0.15, -0.1) is 0 Å². The van der Waals surface area contributed by atoms with Crippen molar-refractivity contribution in [2.24, 2.45) is 5.73 Å². The Balaban J connectivity index is 1.81. The summed E-state index contributed by atoms with van der Waals surface area (Å²) in [5.74, 6) is 0. The Hall–Kier alpha value is -1.62. The van der Waals surface area contributed by atoms with Gasteiger partial charge in [-0.1, -0.05) is 6.07 Å². The van der Waals surface area contributed by atoms with Crippen LogP contribution in [0, 0.1) is 0 Å². The highest BCUT2D eigenvalue weighted by atomic mass is 16.6. The average molecular weight is 235 g/mol. The van der Waals surface area contributed by atoms with Crippen molar-refractivity contribution in [1.82, 2.24) is 9.88 Å². The molecular weight excluding hydrogens is 218 g/mol. The summed E-state index contributed by atoms with van der Waals surface area (Å²) < 4.78 is 5.18. The van der Waals surface area contributed by atoms with Gasteiger partial charge in [0.05, 0.1) is 5.69 Å². The molecule has 0 saturated carbocycles. The first-order valence-electron chi connectivity index (χ1n) is 5.83. The van der Waals surface area contributed by atoms with Crippen molar-refractivity contribution in [2.45, 2.75) is 25.5 Å². The van der Waals surface area contributed by atoms with Crippen molar-refractivity contribution in [3.8, 4) is 0 Å². The van der Waals surface area contributed by atoms with E-state index in [0.29, 0.717) is 6.54 Å². The van der Waals surface area contributed by atoms with Crippen LogP contribution in [-0.4, -0.2) is 35.1 Å². The van der Waals surface area contributed by atoms with E-state index in [2.05, 4.69) is 4.98 Å². The van der Waals surface area contributed by atoms with Gasteiger partial charge >= 0.3 is 6.09 Å². The van der Waals surface area contributed by atoms with E-state index < -0.39 is 0 Å². The molecule has 1 aromatic rings. The molecule has 92 valence electrons. The first kappa shape index (κ1) is 11.9. The Morgan fingerprint density at radius 1 is 1.59 bits per heavy atom. The molecule has 1 aliphatic rings. The Kier molecular flexibility index (Phi) is 3.93. The van der Waals surface area contributed by atoms with Gasteiger partial charge in [-0.25, -0.2) is 4.79 Å². The van der Waals surface area contributed by atoms with Crippen LogP contribution in [0.15, 0.2) is 24.4 Å². The van der Waals surface area contributed by atoms with Crippen molar-refractivity contribution in [1.29, 1.82) is 0 Å². The monoisotopic (exact) mass is 235 g/mol. The first-order valence-corrected chi connectivity index (χ1v) is 5.83. The summed E-state index contributed by atoms with van der Waals surface area (Å²) in [6, 6.07) is 5.60. The quantitative estimate of drug-likeness (QED) is 0.834. The molecule has 0 radical (unpaired) electrons. The van der Waals surface area contributed by atoms with Crippen molar-refractivity contribution < 1.29 is 9.53 Å². The molecule has 1 atom stereocenters. The van der Waals surface area contributed by atoms with E-state index in [4.69, 9.17) is 10.5 Å². The van der Waals surface area contributed by atoms with Crippen LogP contribution in [-0.2, 0) is 11.3 Å². The summed E-state index contributed by atoms with van der Waals surface area (Å²) in [4.78, 5) is 17.5. The summed E-state index contributed by atoms with van der Waals surface area (Å²) in [5.41, 5.74) is 6.56. The zero-order valence-electron chi connectivity index (χ0n) is 9.71. The van der Waals surface area contributed by atoms with Gasteiger partial charge < -0.3 is 15.4 Å². The molecule has 0 aromatic carbocycles. The normalized spacial score (nSPS) is 20.1. The van der Waals surface area contributed by atoms with Gasteiger partial charge in [0.15, 0.2) is 0 Å². The zero-order valence-corrected chi connectivity index (χ0v) is 9.71. The van der Waals surface area contributed by atoms with Gasteiger partial charge in [0, 0.05) is 25.3 Å². The minimum absolute atomic E-state index is 0.0751. The van der Waals surface area contributed by atoms with Crippen LogP contribution in [0.1, 0.15) is 18.5 Å². The van der Waals surface area contributed by atoms with Gasteiger partial charge in [-0.3, -0.25) is 4.98 Å². The average Bonchev–Trinajstić information content (AvgIpc) is 2.37. The molecule has 1 unspecified atom stereocenters. The molecule has 1 saturated heterocycles. The van der Waals surface area contributed by atoms with Crippen LogP contribution in [0.3, 0.4) is 0 Å². The molecule has 2 heterocycles. The van der Waals surface area contributed by atoms with Crippen LogP contribution in [0.2, 0.25) is 0 Å². The Morgan fingerprint density at radius 2 is 2.47 bits per heavy atom. The predicted molar refractivity (Wildman–Crippen MR) is 63.2 cm³/mol. The Bertz CT molecular complexity index is 369. The largest absolute Gasteiger partial charge is 0.443 e. The van der Waals surface area contributed by atoms with Crippen LogP contribution in [0.25, 0.3) is 0 Å². The number of piperidine rings is 1. The van der Waals surface area contributed by atoms with E-state index in [0.717, 1.165) is 25.1 Å². The highest BCUT2D eigenvalue weighted by Crippen LogP contribution is 2.10. The van der Waals surface area contributed by atoms with Crippen LogP contribution in [0.5, 0.6) is 0 Å². The maximum absolute atomic E-state index is 11.7. The summed E-state index contributed by atoms with van der Waals surface area (Å²) in [5, 5.41) is 0. The minimum atomic E-state index is -0.300. The smallest absolute Gasteiger partial charge is 0.410 e. The Morgan fingerprint density at radius 3 is 3.18 bits per heavy atom. The van der Waals surface area contributed by atoms with Crippen LogP contribution >= 0.6 is 0 Å². The number of ether oxygens (including phenoxy) is 1. The van der Waals surface area contributed by atoms with Crippen molar-refractivity contribution in [3.05, 3.63) is 30.1 Å². The topological polar surface area (TPSA) is 68.5 Å². The molecule has 1 fully saturated rings. The highest BCUT2D eigenvalue weighted by molar-refractivity contribution is 5.67. The molecule has 0 spiro atoms. The Labute approximate surface area is 101 Å². The number of hydrogen-bond acceptors (Lipinski definition) is 4. The lowest BCUT2D eigenvalue weighted by Crippen LogP contribution is -2.45. The molecule has 5 nitrogen and oxygen atoms in total. The van der Waals surface area contributed by atoms with E-state index in [1.54, 1.807) is 11.1 Å². The molecule has 1 amide bonds. The highest BCUT2D eigenvalue weighted by Gasteiger charge is 2.22. The third-order valence-electron chi connectivity index (χ3n) is 2.79. The van der Waals surface area contributed by atoms with E-state index in [1.807, 2.05) is 18.2 Å². The lowest BCUT2D eigenvalue weighted by atomic mass is 10.1. The number of nitrogens with zero attached hydrogens (tertiary/aromatic N) is 2. The maximum atomic E-state index is 11.7. The summed E-state index contributed by atoms with van der Waals surface area (Å²) in [6.07, 6.45) is 3.30. The summed E-state index contributed by atoms with van der Waals surface area (Å²) in [7, 11) is 0. The van der Waals surface area contributed by atoms with Gasteiger partial charge in [-0.05, 0) is 25.0 Å². The van der Waals surface area contributed by atoms with E-state index in [9.17, 15) is 4.79 Å². The third-order valence-corrected chi connectivity index (χ3v) is 2.79. The number of nitrogens with two attached hydrogens (primary N) is 1. The fourth-order valence-electron chi connectivity index (χ4n) is 1.89. The van der Waals surface area contributed by atoms with Crippen molar-refractivity contribution in [2.75, 3.05) is 13.1 Å². The second kappa shape index (κ2) is 5.63. The summed E-state index contributed by atoms with van der Waals surface area (Å²) in [6.45, 7) is 1.53. The maximum Gasteiger partial charge on any atom is 0.410 e. The molecule has 5 heteroatoms. The number of rotatable bonds is 2. The molecule has 0 aliphatic carbocycles. The molecule has 2 rings (SSSR count). The van der Waals surface area contributed by atoms with Gasteiger partial charge in [-0.2, -0.15) is 0 Å². The van der Waals surface area contributed by atoms with E-state index in [-0.39, 0.29) is 18.7 Å². The standard InChI is InChI=1S/C12H17N3O2/c13-10-4-3-7-15(8-10)12(16)17-9-11-5-1-2-6-14-11/h1-2,5-6,10H,3-4,7-9,13H2. The number of aromatic nitrogens is 1. The van der Waals surface area contributed by atoms with Crippen molar-refractivity contribution >= 4 is 6.09 Å². The predicted octanol–water partition coefficient (Wildman–Crippen LogP) is 1.14. The first-order chi connectivity index (χ1) is 8.25. The molecule has 2 N–H and O–H groups in total. The van der Waals surface area contributed by atoms with Crippen molar-refractivity contribution in [3.63, 3.8) is 0 Å². The second-order valence-electron chi connectivity index (χ2n) is 4.22. The van der Waals surface area contributed by atoms with Gasteiger partial charge in [0.1, 0.15) is 6.61 Å².